The van der Waals surface area contributed by atoms with Gasteiger partial charge in [0, 0.05) is 12.6 Å². The van der Waals surface area contributed by atoms with Crippen molar-refractivity contribution in [3.63, 3.8) is 0 Å². The molecule has 2 N–H and O–H groups in total. The predicted octanol–water partition coefficient (Wildman–Crippen LogP) is 2.71. The van der Waals surface area contributed by atoms with Crippen molar-refractivity contribution >= 4 is 0 Å². The SMILES string of the molecule is CCCC(C)COC1CCCC(N)C1. The fourth-order valence-corrected chi connectivity index (χ4v) is 2.21. The van der Waals surface area contributed by atoms with Gasteiger partial charge < -0.3 is 10.5 Å². The zero-order valence-corrected chi connectivity index (χ0v) is 9.67. The minimum atomic E-state index is 0.384. The second kappa shape index (κ2) is 6.41. The highest BCUT2D eigenvalue weighted by molar-refractivity contribution is 4.75. The van der Waals surface area contributed by atoms with Crippen molar-refractivity contribution in [1.29, 1.82) is 0 Å². The van der Waals surface area contributed by atoms with Gasteiger partial charge in [0.25, 0.3) is 0 Å². The highest BCUT2D eigenvalue weighted by Gasteiger charge is 2.19. The zero-order chi connectivity index (χ0) is 10.4. The van der Waals surface area contributed by atoms with E-state index in [0.29, 0.717) is 18.1 Å². The molecule has 14 heavy (non-hydrogen) atoms. The standard InChI is InChI=1S/C12H25NO/c1-3-5-10(2)9-14-12-7-4-6-11(13)8-12/h10-12H,3-9,13H2,1-2H3. The summed E-state index contributed by atoms with van der Waals surface area (Å²) >= 11 is 0. The molecule has 3 atom stereocenters. The second-order valence-electron chi connectivity index (χ2n) is 4.78. The summed E-state index contributed by atoms with van der Waals surface area (Å²) in [5.74, 6) is 0.707. The van der Waals surface area contributed by atoms with E-state index >= 15 is 0 Å². The van der Waals surface area contributed by atoms with Crippen LogP contribution in [-0.2, 0) is 4.74 Å². The van der Waals surface area contributed by atoms with Crippen LogP contribution in [0.3, 0.4) is 0 Å². The zero-order valence-electron chi connectivity index (χ0n) is 9.67. The minimum absolute atomic E-state index is 0.384. The van der Waals surface area contributed by atoms with Gasteiger partial charge in [0.1, 0.15) is 0 Å². The van der Waals surface area contributed by atoms with Crippen molar-refractivity contribution in [2.75, 3.05) is 6.61 Å². The Morgan fingerprint density at radius 2 is 2.21 bits per heavy atom. The fourth-order valence-electron chi connectivity index (χ4n) is 2.21. The summed E-state index contributed by atoms with van der Waals surface area (Å²) in [6.07, 6.45) is 7.69. The van der Waals surface area contributed by atoms with Crippen LogP contribution in [0.1, 0.15) is 52.4 Å². The van der Waals surface area contributed by atoms with Crippen LogP contribution in [0.4, 0.5) is 0 Å². The van der Waals surface area contributed by atoms with Gasteiger partial charge in [-0.2, -0.15) is 0 Å². The highest BCUT2D eigenvalue weighted by atomic mass is 16.5. The average molecular weight is 199 g/mol. The van der Waals surface area contributed by atoms with Crippen LogP contribution in [0.25, 0.3) is 0 Å². The monoisotopic (exact) mass is 199 g/mol. The average Bonchev–Trinajstić information content (AvgIpc) is 2.15. The lowest BCUT2D eigenvalue weighted by molar-refractivity contribution is 0.00524. The van der Waals surface area contributed by atoms with E-state index in [1.165, 1.54) is 32.1 Å². The molecule has 3 unspecified atom stereocenters. The molecule has 2 heteroatoms. The Balaban J connectivity index is 2.10. The van der Waals surface area contributed by atoms with Crippen LogP contribution in [0.15, 0.2) is 0 Å². The van der Waals surface area contributed by atoms with E-state index < -0.39 is 0 Å². The molecule has 0 radical (unpaired) electrons. The quantitative estimate of drug-likeness (QED) is 0.739. The Morgan fingerprint density at radius 3 is 2.86 bits per heavy atom. The molecule has 1 rings (SSSR count). The first-order valence-electron chi connectivity index (χ1n) is 6.09. The first-order chi connectivity index (χ1) is 6.72. The lowest BCUT2D eigenvalue weighted by Crippen LogP contribution is -2.32. The van der Waals surface area contributed by atoms with Gasteiger partial charge in [-0.05, 0) is 38.0 Å². The molecular weight excluding hydrogens is 174 g/mol. The van der Waals surface area contributed by atoms with E-state index in [1.54, 1.807) is 0 Å². The molecule has 0 aliphatic heterocycles. The molecule has 2 nitrogen and oxygen atoms in total. The normalized spacial score (nSPS) is 30.2. The summed E-state index contributed by atoms with van der Waals surface area (Å²) in [7, 11) is 0. The largest absolute Gasteiger partial charge is 0.378 e. The van der Waals surface area contributed by atoms with E-state index in [0.717, 1.165) is 13.0 Å². The molecule has 0 heterocycles. The van der Waals surface area contributed by atoms with Crippen LogP contribution in [0.2, 0.25) is 0 Å². The first kappa shape index (κ1) is 12.0. The van der Waals surface area contributed by atoms with Crippen molar-refractivity contribution in [2.45, 2.75) is 64.5 Å². The van der Waals surface area contributed by atoms with Gasteiger partial charge >= 0.3 is 0 Å². The third kappa shape index (κ3) is 4.43. The van der Waals surface area contributed by atoms with E-state index in [9.17, 15) is 0 Å². The second-order valence-corrected chi connectivity index (χ2v) is 4.78. The van der Waals surface area contributed by atoms with E-state index in [4.69, 9.17) is 10.5 Å². The number of ether oxygens (including phenoxy) is 1. The van der Waals surface area contributed by atoms with E-state index in [1.807, 2.05) is 0 Å². The molecule has 0 aromatic rings. The summed E-state index contributed by atoms with van der Waals surface area (Å²) in [5, 5.41) is 0. The van der Waals surface area contributed by atoms with Gasteiger partial charge in [0.15, 0.2) is 0 Å². The number of hydrogen-bond acceptors (Lipinski definition) is 2. The van der Waals surface area contributed by atoms with Gasteiger partial charge in [0.2, 0.25) is 0 Å². The maximum atomic E-state index is 5.91. The summed E-state index contributed by atoms with van der Waals surface area (Å²) in [4.78, 5) is 0. The van der Waals surface area contributed by atoms with Gasteiger partial charge in [-0.15, -0.1) is 0 Å². The molecule has 0 spiro atoms. The molecule has 1 aliphatic carbocycles. The van der Waals surface area contributed by atoms with E-state index in [2.05, 4.69) is 13.8 Å². The molecule has 0 bridgehead atoms. The molecule has 0 saturated heterocycles. The molecule has 0 aromatic carbocycles. The summed E-state index contributed by atoms with van der Waals surface area (Å²) < 4.78 is 5.89. The van der Waals surface area contributed by atoms with Crippen molar-refractivity contribution in [2.24, 2.45) is 11.7 Å². The van der Waals surface area contributed by atoms with Crippen molar-refractivity contribution in [3.05, 3.63) is 0 Å². The fraction of sp³-hybridized carbons (Fsp3) is 1.00. The van der Waals surface area contributed by atoms with Crippen LogP contribution in [-0.4, -0.2) is 18.8 Å². The van der Waals surface area contributed by atoms with E-state index in [-0.39, 0.29) is 0 Å². The maximum absolute atomic E-state index is 5.91. The molecule has 1 fully saturated rings. The Morgan fingerprint density at radius 1 is 1.43 bits per heavy atom. The molecule has 84 valence electrons. The Kier molecular flexibility index (Phi) is 5.49. The van der Waals surface area contributed by atoms with Gasteiger partial charge in [-0.25, -0.2) is 0 Å². The number of nitrogens with two attached hydrogens (primary N) is 1. The van der Waals surface area contributed by atoms with Crippen LogP contribution < -0.4 is 5.73 Å². The van der Waals surface area contributed by atoms with Crippen molar-refractivity contribution < 1.29 is 4.74 Å². The number of rotatable bonds is 5. The molecule has 0 amide bonds. The first-order valence-corrected chi connectivity index (χ1v) is 6.09. The third-order valence-electron chi connectivity index (χ3n) is 3.06. The van der Waals surface area contributed by atoms with Gasteiger partial charge in [-0.1, -0.05) is 20.3 Å². The summed E-state index contributed by atoms with van der Waals surface area (Å²) in [6.45, 7) is 5.42. The maximum Gasteiger partial charge on any atom is 0.0590 e. The Hall–Kier alpha value is -0.0800. The Bertz CT molecular complexity index is 149. The lowest BCUT2D eigenvalue weighted by atomic mass is 9.93. The Labute approximate surface area is 88.2 Å². The summed E-state index contributed by atoms with van der Waals surface area (Å²) in [6, 6.07) is 0.384. The number of hydrogen-bond donors (Lipinski definition) is 1. The van der Waals surface area contributed by atoms with Crippen LogP contribution >= 0.6 is 0 Å². The summed E-state index contributed by atoms with van der Waals surface area (Å²) in [5.41, 5.74) is 5.91. The molecular formula is C12H25NO. The van der Waals surface area contributed by atoms with Gasteiger partial charge in [0.05, 0.1) is 6.10 Å². The smallest absolute Gasteiger partial charge is 0.0590 e. The van der Waals surface area contributed by atoms with Crippen molar-refractivity contribution in [1.82, 2.24) is 0 Å². The third-order valence-corrected chi connectivity index (χ3v) is 3.06. The predicted molar refractivity (Wildman–Crippen MR) is 60.3 cm³/mol. The minimum Gasteiger partial charge on any atom is -0.378 e. The highest BCUT2D eigenvalue weighted by Crippen LogP contribution is 2.20. The molecule has 1 saturated carbocycles. The lowest BCUT2D eigenvalue weighted by Gasteiger charge is -2.27. The van der Waals surface area contributed by atoms with Gasteiger partial charge in [-0.3, -0.25) is 0 Å². The topological polar surface area (TPSA) is 35.2 Å². The molecule has 0 aromatic heterocycles. The molecule has 1 aliphatic rings. The van der Waals surface area contributed by atoms with Crippen LogP contribution in [0.5, 0.6) is 0 Å². The van der Waals surface area contributed by atoms with Crippen LogP contribution in [0, 0.1) is 5.92 Å². The van der Waals surface area contributed by atoms with Crippen molar-refractivity contribution in [3.8, 4) is 0 Å².